The van der Waals surface area contributed by atoms with Crippen LogP contribution in [-0.2, 0) is 6.42 Å². The zero-order chi connectivity index (χ0) is 52.7. The summed E-state index contributed by atoms with van der Waals surface area (Å²) < 4.78 is 22.9. The molecule has 0 unspecified atom stereocenters. The predicted molar refractivity (Wildman–Crippen MR) is 330 cm³/mol. The van der Waals surface area contributed by atoms with Gasteiger partial charge in [0, 0.05) is 89.6 Å². The van der Waals surface area contributed by atoms with Crippen molar-refractivity contribution in [3.05, 3.63) is 296 Å². The van der Waals surface area contributed by atoms with E-state index in [1.165, 1.54) is 38.5 Å². The van der Waals surface area contributed by atoms with Gasteiger partial charge in [-0.05, 0) is 132 Å². The first-order valence-corrected chi connectivity index (χ1v) is 27.3. The SMILES string of the molecule is c1ccc([C@@H](Cc2ccc3c4ccccc4n(-c4ccccc4)c3c2)c2ccc3oc4c(N(c5ccccc5)c5ccc6c(c5)oc5ccccc56)cc(N(c5ccccc5)c5ccc6c(c5)oc5ccccc56)cc4c3c2)cc1. The summed E-state index contributed by atoms with van der Waals surface area (Å²) in [4.78, 5) is 4.65. The Morgan fingerprint density at radius 2 is 0.825 bits per heavy atom. The molecule has 0 saturated heterocycles. The van der Waals surface area contributed by atoms with E-state index in [4.69, 9.17) is 13.3 Å². The van der Waals surface area contributed by atoms with Crippen molar-refractivity contribution < 1.29 is 13.3 Å². The molecule has 0 aliphatic heterocycles. The lowest BCUT2D eigenvalue weighted by Gasteiger charge is -2.29. The fourth-order valence-corrected chi connectivity index (χ4v) is 12.5. The topological polar surface area (TPSA) is 50.8 Å². The Balaban J connectivity index is 0.921. The first-order chi connectivity index (χ1) is 39.6. The molecule has 4 aromatic heterocycles. The van der Waals surface area contributed by atoms with Crippen molar-refractivity contribution in [1.82, 2.24) is 4.57 Å². The van der Waals surface area contributed by atoms with Gasteiger partial charge < -0.3 is 27.6 Å². The molecule has 16 aromatic rings. The molecule has 6 nitrogen and oxygen atoms in total. The van der Waals surface area contributed by atoms with Gasteiger partial charge in [-0.25, -0.2) is 0 Å². The van der Waals surface area contributed by atoms with E-state index >= 15 is 0 Å². The van der Waals surface area contributed by atoms with Crippen molar-refractivity contribution in [1.29, 1.82) is 0 Å². The minimum atomic E-state index is 0.0212. The lowest BCUT2D eigenvalue weighted by molar-refractivity contribution is 0.667. The molecule has 0 aliphatic rings. The number of anilines is 6. The van der Waals surface area contributed by atoms with Crippen LogP contribution < -0.4 is 9.80 Å². The summed E-state index contributed by atoms with van der Waals surface area (Å²) in [6.45, 7) is 0. The van der Waals surface area contributed by atoms with E-state index in [0.29, 0.717) is 0 Å². The lowest BCUT2D eigenvalue weighted by Crippen LogP contribution is -2.13. The van der Waals surface area contributed by atoms with Crippen LogP contribution in [-0.4, -0.2) is 4.57 Å². The molecule has 378 valence electrons. The molecule has 0 bridgehead atoms. The second kappa shape index (κ2) is 18.6. The van der Waals surface area contributed by atoms with E-state index in [1.807, 2.05) is 24.3 Å². The van der Waals surface area contributed by atoms with Crippen molar-refractivity contribution in [2.75, 3.05) is 9.80 Å². The van der Waals surface area contributed by atoms with Crippen LogP contribution in [0, 0.1) is 0 Å². The number of hydrogen-bond acceptors (Lipinski definition) is 5. The van der Waals surface area contributed by atoms with Crippen molar-refractivity contribution in [2.24, 2.45) is 0 Å². The molecule has 16 rings (SSSR count). The van der Waals surface area contributed by atoms with E-state index in [0.717, 1.165) is 112 Å². The smallest absolute Gasteiger partial charge is 0.159 e. The Labute approximate surface area is 460 Å². The van der Waals surface area contributed by atoms with E-state index in [2.05, 4.69) is 269 Å². The van der Waals surface area contributed by atoms with Crippen LogP contribution in [0.3, 0.4) is 0 Å². The van der Waals surface area contributed by atoms with Gasteiger partial charge >= 0.3 is 0 Å². The Morgan fingerprint density at radius 1 is 0.300 bits per heavy atom. The second-order valence-corrected chi connectivity index (χ2v) is 20.8. The lowest BCUT2D eigenvalue weighted by atomic mass is 9.85. The Morgan fingerprint density at radius 3 is 1.50 bits per heavy atom. The van der Waals surface area contributed by atoms with Crippen LogP contribution in [0.1, 0.15) is 22.6 Å². The van der Waals surface area contributed by atoms with E-state index in [9.17, 15) is 0 Å². The Kier molecular flexibility index (Phi) is 10.6. The molecule has 12 aromatic carbocycles. The minimum absolute atomic E-state index is 0.0212. The van der Waals surface area contributed by atoms with Crippen LogP contribution in [0.4, 0.5) is 34.1 Å². The molecule has 80 heavy (non-hydrogen) atoms. The Bertz CT molecular complexity index is 5000. The maximum Gasteiger partial charge on any atom is 0.159 e. The molecule has 0 saturated carbocycles. The average molecular weight is 1030 g/mol. The summed E-state index contributed by atoms with van der Waals surface area (Å²) in [5.74, 6) is 0.0212. The molecule has 0 aliphatic carbocycles. The number of benzene rings is 12. The normalized spacial score (nSPS) is 12.2. The highest BCUT2D eigenvalue weighted by Crippen LogP contribution is 2.49. The van der Waals surface area contributed by atoms with Crippen molar-refractivity contribution >= 4 is 122 Å². The van der Waals surface area contributed by atoms with Gasteiger partial charge in [-0.3, -0.25) is 0 Å². The zero-order valence-corrected chi connectivity index (χ0v) is 43.4. The standard InChI is InChI=1S/C74H49N3O3/c1-5-19-49(20-6-1)63(41-48-33-37-58-57-27-13-16-30-66(57)77(67(58)42-48)53-25-11-4-12-26-53)50-34-40-71-64(43-50)65-44-56(75(51-21-7-2-8-22-51)54-35-38-61-59-28-14-17-31-69(59)78-72(61)46-54)45-68(74(65)80-71)76(52-23-9-3-10-24-52)55-36-39-62-60-29-15-18-32-70(60)79-73(62)47-55/h1-40,42-47,63H,41H2/t63-/m1/s1. The van der Waals surface area contributed by atoms with Crippen LogP contribution in [0.5, 0.6) is 0 Å². The number of hydrogen-bond donors (Lipinski definition) is 0. The maximum atomic E-state index is 7.27. The summed E-state index contributed by atoms with van der Waals surface area (Å²) in [5.41, 5.74) is 17.9. The van der Waals surface area contributed by atoms with E-state index in [-0.39, 0.29) is 5.92 Å². The van der Waals surface area contributed by atoms with Gasteiger partial charge in [0.1, 0.15) is 27.9 Å². The summed E-state index contributed by atoms with van der Waals surface area (Å²) >= 11 is 0. The molecule has 0 N–H and O–H groups in total. The first-order valence-electron chi connectivity index (χ1n) is 27.3. The second-order valence-electron chi connectivity index (χ2n) is 20.8. The van der Waals surface area contributed by atoms with Gasteiger partial charge in [0.05, 0.1) is 22.4 Å². The number of rotatable bonds is 11. The van der Waals surface area contributed by atoms with Gasteiger partial charge in [0.15, 0.2) is 5.58 Å². The number of aromatic nitrogens is 1. The third kappa shape index (κ3) is 7.56. The summed E-state index contributed by atoms with van der Waals surface area (Å²) in [5, 5.41) is 8.83. The minimum Gasteiger partial charge on any atom is -0.456 e. The van der Waals surface area contributed by atoms with Gasteiger partial charge in [-0.15, -0.1) is 0 Å². The maximum absolute atomic E-state index is 7.27. The Hall–Kier alpha value is -10.6. The highest BCUT2D eigenvalue weighted by Gasteiger charge is 2.27. The van der Waals surface area contributed by atoms with Crippen LogP contribution in [0.15, 0.2) is 292 Å². The predicted octanol–water partition coefficient (Wildman–Crippen LogP) is 20.8. The van der Waals surface area contributed by atoms with Gasteiger partial charge in [0.25, 0.3) is 0 Å². The van der Waals surface area contributed by atoms with Gasteiger partial charge in [-0.2, -0.15) is 0 Å². The van der Waals surface area contributed by atoms with Gasteiger partial charge in [0.2, 0.25) is 0 Å². The highest BCUT2D eigenvalue weighted by atomic mass is 16.3. The van der Waals surface area contributed by atoms with E-state index in [1.54, 1.807) is 0 Å². The molecule has 6 heteroatoms. The van der Waals surface area contributed by atoms with Crippen LogP contribution in [0.2, 0.25) is 0 Å². The third-order valence-electron chi connectivity index (χ3n) is 16.1. The summed E-state index contributed by atoms with van der Waals surface area (Å²) in [6, 6.07) is 99.7. The number of para-hydroxylation sites is 6. The van der Waals surface area contributed by atoms with Gasteiger partial charge in [-0.1, -0.05) is 158 Å². The van der Waals surface area contributed by atoms with Crippen LogP contribution in [0.25, 0.3) is 93.3 Å². The first kappa shape index (κ1) is 45.6. The largest absolute Gasteiger partial charge is 0.456 e. The summed E-state index contributed by atoms with van der Waals surface area (Å²) in [7, 11) is 0. The molecule has 1 atom stereocenters. The van der Waals surface area contributed by atoms with Crippen LogP contribution >= 0.6 is 0 Å². The number of furan rings is 3. The van der Waals surface area contributed by atoms with Crippen molar-refractivity contribution in [3.8, 4) is 5.69 Å². The molecule has 0 spiro atoms. The van der Waals surface area contributed by atoms with Crippen molar-refractivity contribution in [2.45, 2.75) is 12.3 Å². The fourth-order valence-electron chi connectivity index (χ4n) is 12.5. The zero-order valence-electron chi connectivity index (χ0n) is 43.4. The number of fused-ring (bicyclic) bond motifs is 12. The monoisotopic (exact) mass is 1030 g/mol. The quantitative estimate of drug-likeness (QED) is 0.129. The highest BCUT2D eigenvalue weighted by molar-refractivity contribution is 6.14. The molecular weight excluding hydrogens is 979 g/mol. The third-order valence-corrected chi connectivity index (χ3v) is 16.1. The number of nitrogens with zero attached hydrogens (tertiary/aromatic N) is 3. The fraction of sp³-hybridized carbons (Fsp3) is 0.0270. The average Bonchev–Trinajstić information content (AvgIpc) is 4.36. The molecule has 0 fully saturated rings. The molecule has 0 amide bonds. The molecular formula is C74H49N3O3. The van der Waals surface area contributed by atoms with Crippen molar-refractivity contribution in [3.63, 3.8) is 0 Å². The molecule has 0 radical (unpaired) electrons. The molecule has 4 heterocycles. The summed E-state index contributed by atoms with van der Waals surface area (Å²) in [6.07, 6.45) is 0.784. The van der Waals surface area contributed by atoms with E-state index < -0.39 is 0 Å².